The van der Waals surface area contributed by atoms with Gasteiger partial charge in [-0.1, -0.05) is 0 Å². The molecule has 0 aromatic carbocycles. The monoisotopic (exact) mass is 170 g/mol. The zero-order chi connectivity index (χ0) is 9.14. The number of nitrogens with two attached hydrogens (primary N) is 1. The van der Waals surface area contributed by atoms with Gasteiger partial charge in [-0.2, -0.15) is 0 Å². The molecule has 1 heterocycles. The van der Waals surface area contributed by atoms with Gasteiger partial charge < -0.3 is 5.73 Å². The first kappa shape index (κ1) is 9.19. The fourth-order valence-electron chi connectivity index (χ4n) is 1.47. The Labute approximate surface area is 71.7 Å². The first-order chi connectivity index (χ1) is 5.63. The molecule has 2 amide bonds. The minimum atomic E-state index is -0.405. The van der Waals surface area contributed by atoms with Crippen molar-refractivity contribution in [3.8, 4) is 0 Å². The van der Waals surface area contributed by atoms with Crippen LogP contribution < -0.4 is 5.73 Å². The van der Waals surface area contributed by atoms with Gasteiger partial charge in [0.25, 0.3) is 0 Å². The van der Waals surface area contributed by atoms with Gasteiger partial charge in [-0.05, 0) is 19.3 Å². The summed E-state index contributed by atoms with van der Waals surface area (Å²) in [4.78, 5) is 23.5. The third-order valence-corrected chi connectivity index (χ3v) is 2.08. The van der Waals surface area contributed by atoms with Crippen LogP contribution in [0.3, 0.4) is 0 Å². The maximum atomic E-state index is 11.3. The van der Waals surface area contributed by atoms with E-state index in [4.69, 9.17) is 5.73 Å². The molecule has 1 aliphatic rings. The van der Waals surface area contributed by atoms with Gasteiger partial charge in [0.05, 0.1) is 6.17 Å². The second-order valence-electron chi connectivity index (χ2n) is 3.10. The highest BCUT2D eigenvalue weighted by Crippen LogP contribution is 2.14. The van der Waals surface area contributed by atoms with Gasteiger partial charge in [-0.3, -0.25) is 14.5 Å². The second-order valence-corrected chi connectivity index (χ2v) is 3.10. The van der Waals surface area contributed by atoms with Crippen molar-refractivity contribution in [2.75, 3.05) is 0 Å². The Kier molecular flexibility index (Phi) is 2.81. The van der Waals surface area contributed by atoms with E-state index in [-0.39, 0.29) is 11.8 Å². The van der Waals surface area contributed by atoms with Gasteiger partial charge >= 0.3 is 0 Å². The molecule has 0 bridgehead atoms. The molecule has 12 heavy (non-hydrogen) atoms. The molecule has 4 heteroatoms. The highest BCUT2D eigenvalue weighted by Gasteiger charge is 2.26. The molecule has 1 rings (SSSR count). The smallest absolute Gasteiger partial charge is 0.230 e. The zero-order valence-electron chi connectivity index (χ0n) is 7.25. The van der Waals surface area contributed by atoms with Crippen LogP contribution in [0.15, 0.2) is 0 Å². The third-order valence-electron chi connectivity index (χ3n) is 2.08. The number of hydrogen-bond donors (Lipinski definition) is 1. The Bertz CT molecular complexity index is 203. The molecule has 0 aromatic rings. The Hall–Kier alpha value is -0.900. The number of carbonyl (C=O) groups is 2. The van der Waals surface area contributed by atoms with E-state index in [1.165, 1.54) is 11.8 Å². The number of rotatable bonds is 0. The summed E-state index contributed by atoms with van der Waals surface area (Å²) in [5.74, 6) is -0.373. The molecule has 0 aliphatic carbocycles. The molecular formula is C8H14N2O2. The first-order valence-electron chi connectivity index (χ1n) is 4.21. The number of hydrogen-bond acceptors (Lipinski definition) is 3. The fraction of sp³-hybridized carbons (Fsp3) is 0.750. The molecular weight excluding hydrogens is 156 g/mol. The van der Waals surface area contributed by atoms with Crippen molar-refractivity contribution in [3.63, 3.8) is 0 Å². The number of likely N-dealkylation sites (tertiary alicyclic amines) is 1. The Morgan fingerprint density at radius 2 is 2.25 bits per heavy atom. The Morgan fingerprint density at radius 3 is 2.83 bits per heavy atom. The summed E-state index contributed by atoms with van der Waals surface area (Å²) < 4.78 is 0. The molecule has 2 N–H and O–H groups in total. The molecule has 0 aromatic heterocycles. The Balaban J connectivity index is 2.75. The minimum absolute atomic E-state index is 0.132. The van der Waals surface area contributed by atoms with Gasteiger partial charge in [0.2, 0.25) is 11.8 Å². The summed E-state index contributed by atoms with van der Waals surface area (Å²) in [6.07, 6.45) is 2.54. The van der Waals surface area contributed by atoms with Crippen LogP contribution in [-0.2, 0) is 9.59 Å². The maximum absolute atomic E-state index is 11.3. The molecule has 1 aliphatic heterocycles. The van der Waals surface area contributed by atoms with E-state index in [0.29, 0.717) is 6.42 Å². The second kappa shape index (κ2) is 3.67. The molecule has 0 spiro atoms. The maximum Gasteiger partial charge on any atom is 0.230 e. The average molecular weight is 170 g/mol. The molecule has 1 unspecified atom stereocenters. The molecule has 68 valence electrons. The van der Waals surface area contributed by atoms with Gasteiger partial charge in [-0.15, -0.1) is 0 Å². The summed E-state index contributed by atoms with van der Waals surface area (Å²) in [7, 11) is 0. The van der Waals surface area contributed by atoms with Crippen LogP contribution in [0.2, 0.25) is 0 Å². The topological polar surface area (TPSA) is 63.4 Å². The predicted molar refractivity (Wildman–Crippen MR) is 44.0 cm³/mol. The lowest BCUT2D eigenvalue weighted by molar-refractivity contribution is -0.145. The largest absolute Gasteiger partial charge is 0.311 e. The molecule has 0 radical (unpaired) electrons. The summed E-state index contributed by atoms with van der Waals surface area (Å²) >= 11 is 0. The van der Waals surface area contributed by atoms with E-state index >= 15 is 0 Å². The summed E-state index contributed by atoms with van der Waals surface area (Å²) in [6, 6.07) is 0. The number of imide groups is 1. The summed E-state index contributed by atoms with van der Waals surface area (Å²) in [5, 5.41) is 0. The van der Waals surface area contributed by atoms with Gasteiger partial charge in [0.15, 0.2) is 0 Å². The molecule has 0 saturated carbocycles. The molecule has 1 atom stereocenters. The number of carbonyl (C=O) groups excluding carboxylic acids is 2. The van der Waals surface area contributed by atoms with E-state index in [1.807, 2.05) is 0 Å². The summed E-state index contributed by atoms with van der Waals surface area (Å²) in [5.41, 5.74) is 5.65. The van der Waals surface area contributed by atoms with Gasteiger partial charge in [-0.25, -0.2) is 0 Å². The van der Waals surface area contributed by atoms with Crippen LogP contribution in [-0.4, -0.2) is 22.9 Å². The zero-order valence-corrected chi connectivity index (χ0v) is 7.25. The van der Waals surface area contributed by atoms with Crippen LogP contribution >= 0.6 is 0 Å². The lowest BCUT2D eigenvalue weighted by atomic mass is 10.2. The van der Waals surface area contributed by atoms with Crippen molar-refractivity contribution in [2.45, 2.75) is 38.8 Å². The molecule has 1 saturated heterocycles. The van der Waals surface area contributed by atoms with Gasteiger partial charge in [0.1, 0.15) is 0 Å². The normalized spacial score (nSPS) is 25.3. The first-order valence-corrected chi connectivity index (χ1v) is 4.21. The number of amides is 2. The van der Waals surface area contributed by atoms with E-state index in [9.17, 15) is 9.59 Å². The van der Waals surface area contributed by atoms with Crippen LogP contribution in [0.1, 0.15) is 32.6 Å². The van der Waals surface area contributed by atoms with Crippen molar-refractivity contribution in [3.05, 3.63) is 0 Å². The fourth-order valence-corrected chi connectivity index (χ4v) is 1.47. The third kappa shape index (κ3) is 1.82. The van der Waals surface area contributed by atoms with Crippen molar-refractivity contribution >= 4 is 11.8 Å². The lowest BCUT2D eigenvalue weighted by Gasteiger charge is -2.23. The van der Waals surface area contributed by atoms with E-state index in [1.54, 1.807) is 0 Å². The lowest BCUT2D eigenvalue weighted by Crippen LogP contribution is -2.47. The quantitative estimate of drug-likeness (QED) is 0.565. The molecule has 1 fully saturated rings. The minimum Gasteiger partial charge on any atom is -0.311 e. The van der Waals surface area contributed by atoms with E-state index in [2.05, 4.69) is 0 Å². The van der Waals surface area contributed by atoms with Crippen LogP contribution in [0.25, 0.3) is 0 Å². The predicted octanol–water partition coefficient (Wildman–Crippen LogP) is 0.220. The van der Waals surface area contributed by atoms with Crippen LogP contribution in [0.5, 0.6) is 0 Å². The van der Waals surface area contributed by atoms with E-state index < -0.39 is 6.17 Å². The van der Waals surface area contributed by atoms with Gasteiger partial charge in [0, 0.05) is 13.3 Å². The molecule has 4 nitrogen and oxygen atoms in total. The highest BCUT2D eigenvalue weighted by atomic mass is 16.2. The highest BCUT2D eigenvalue weighted by molar-refractivity contribution is 5.94. The van der Waals surface area contributed by atoms with E-state index in [0.717, 1.165) is 19.3 Å². The van der Waals surface area contributed by atoms with Crippen LogP contribution in [0, 0.1) is 0 Å². The van der Waals surface area contributed by atoms with Crippen molar-refractivity contribution in [1.82, 2.24) is 4.90 Å². The average Bonchev–Trinajstić information content (AvgIpc) is 2.11. The van der Waals surface area contributed by atoms with Crippen molar-refractivity contribution in [1.29, 1.82) is 0 Å². The number of nitrogens with zero attached hydrogens (tertiary/aromatic N) is 1. The van der Waals surface area contributed by atoms with Crippen molar-refractivity contribution in [2.24, 2.45) is 5.73 Å². The Morgan fingerprint density at radius 1 is 1.58 bits per heavy atom. The van der Waals surface area contributed by atoms with Crippen molar-refractivity contribution < 1.29 is 9.59 Å². The summed E-state index contributed by atoms with van der Waals surface area (Å²) in [6.45, 7) is 1.38. The SMILES string of the molecule is CC(=O)N1C(=O)CCCCC1N. The van der Waals surface area contributed by atoms with Crippen LogP contribution in [0.4, 0.5) is 0 Å². The standard InChI is InChI=1S/C8H14N2O2/c1-6(11)10-7(9)4-2-3-5-8(10)12/h7H,2-5,9H2,1H3.